The van der Waals surface area contributed by atoms with E-state index in [-0.39, 0.29) is 19.4 Å². The van der Waals surface area contributed by atoms with Gasteiger partial charge in [0.25, 0.3) is 0 Å². The molecule has 2 heterocycles. The number of amides is 4. The zero-order valence-electron chi connectivity index (χ0n) is 12.5. The summed E-state index contributed by atoms with van der Waals surface area (Å²) in [5, 5.41) is 11.0. The van der Waals surface area contributed by atoms with Crippen LogP contribution in [0, 0.1) is 5.92 Å². The highest BCUT2D eigenvalue weighted by molar-refractivity contribution is 5.98. The van der Waals surface area contributed by atoms with Gasteiger partial charge in [-0.25, -0.2) is 4.79 Å². The molecule has 4 amide bonds. The highest BCUT2D eigenvalue weighted by Gasteiger charge is 2.26. The Hall–Kier alpha value is -2.45. The molecule has 9 heteroatoms. The minimum absolute atomic E-state index is 0.0810. The third-order valence-electron chi connectivity index (χ3n) is 3.05. The lowest BCUT2D eigenvalue weighted by Crippen LogP contribution is -2.48. The Morgan fingerprint density at radius 3 is 2.95 bits per heavy atom. The first-order chi connectivity index (χ1) is 10.4. The van der Waals surface area contributed by atoms with Crippen LogP contribution in [0.15, 0.2) is 4.52 Å². The monoisotopic (exact) mass is 309 g/mol. The van der Waals surface area contributed by atoms with E-state index < -0.39 is 23.9 Å². The number of imide groups is 1. The van der Waals surface area contributed by atoms with Gasteiger partial charge in [-0.15, -0.1) is 0 Å². The molecule has 120 valence electrons. The topological polar surface area (TPSA) is 126 Å². The summed E-state index contributed by atoms with van der Waals surface area (Å²) in [5.74, 6) is 0.512. The van der Waals surface area contributed by atoms with E-state index in [1.807, 2.05) is 13.8 Å². The normalized spacial score (nSPS) is 18.6. The zero-order valence-corrected chi connectivity index (χ0v) is 12.5. The molecule has 0 aliphatic carbocycles. The summed E-state index contributed by atoms with van der Waals surface area (Å²) in [6, 6.07) is -1.43. The van der Waals surface area contributed by atoms with Gasteiger partial charge in [0.05, 0.1) is 6.54 Å². The van der Waals surface area contributed by atoms with Crippen molar-refractivity contribution >= 4 is 17.8 Å². The van der Waals surface area contributed by atoms with Gasteiger partial charge >= 0.3 is 6.03 Å². The van der Waals surface area contributed by atoms with Gasteiger partial charge in [0, 0.05) is 12.8 Å². The van der Waals surface area contributed by atoms with Crippen molar-refractivity contribution in [3.63, 3.8) is 0 Å². The smallest absolute Gasteiger partial charge is 0.322 e. The molecular formula is C13H19N5O4. The lowest BCUT2D eigenvalue weighted by Gasteiger charge is -2.13. The Morgan fingerprint density at radius 1 is 1.45 bits per heavy atom. The van der Waals surface area contributed by atoms with E-state index in [4.69, 9.17) is 4.52 Å². The van der Waals surface area contributed by atoms with Crippen LogP contribution in [0.5, 0.6) is 0 Å². The lowest BCUT2D eigenvalue weighted by molar-refractivity contribution is -0.123. The second-order valence-electron chi connectivity index (χ2n) is 5.53. The first-order valence-electron chi connectivity index (χ1n) is 7.13. The number of carbonyl (C=O) groups excluding carboxylic acids is 3. The van der Waals surface area contributed by atoms with Crippen molar-refractivity contribution in [2.24, 2.45) is 5.92 Å². The molecule has 1 aromatic heterocycles. The molecule has 0 saturated carbocycles. The van der Waals surface area contributed by atoms with Crippen molar-refractivity contribution in [3.05, 3.63) is 11.7 Å². The SMILES string of the molecule is CC(C)Cc1noc(CNC(=O)[C@H]2CCC(=O)NC(=O)N2)n1. The van der Waals surface area contributed by atoms with Crippen LogP contribution in [0.1, 0.15) is 38.4 Å². The summed E-state index contributed by atoms with van der Waals surface area (Å²) >= 11 is 0. The number of nitrogens with zero attached hydrogens (tertiary/aromatic N) is 2. The maximum Gasteiger partial charge on any atom is 0.322 e. The van der Waals surface area contributed by atoms with Crippen molar-refractivity contribution in [1.29, 1.82) is 0 Å². The summed E-state index contributed by atoms with van der Waals surface area (Å²) in [5.41, 5.74) is 0. The molecule has 1 aromatic rings. The molecule has 22 heavy (non-hydrogen) atoms. The van der Waals surface area contributed by atoms with E-state index in [9.17, 15) is 14.4 Å². The average Bonchev–Trinajstić information content (AvgIpc) is 2.79. The van der Waals surface area contributed by atoms with Crippen molar-refractivity contribution in [2.45, 2.75) is 45.7 Å². The van der Waals surface area contributed by atoms with Crippen molar-refractivity contribution in [3.8, 4) is 0 Å². The molecule has 2 rings (SSSR count). The van der Waals surface area contributed by atoms with Crippen LogP contribution < -0.4 is 16.0 Å². The van der Waals surface area contributed by atoms with Crippen molar-refractivity contribution in [1.82, 2.24) is 26.1 Å². The molecular weight excluding hydrogens is 290 g/mol. The largest absolute Gasteiger partial charge is 0.345 e. The molecule has 1 fully saturated rings. The second kappa shape index (κ2) is 7.01. The zero-order chi connectivity index (χ0) is 16.1. The summed E-state index contributed by atoms with van der Waals surface area (Å²) in [6.07, 6.45) is 1.05. The van der Waals surface area contributed by atoms with Crippen molar-refractivity contribution in [2.75, 3.05) is 0 Å². The van der Waals surface area contributed by atoms with Crippen LogP contribution in [0.3, 0.4) is 0 Å². The summed E-state index contributed by atoms with van der Waals surface area (Å²) in [6.45, 7) is 4.17. The summed E-state index contributed by atoms with van der Waals surface area (Å²) in [4.78, 5) is 38.7. The number of hydrogen-bond donors (Lipinski definition) is 3. The Kier molecular flexibility index (Phi) is 5.08. The quantitative estimate of drug-likeness (QED) is 0.695. The summed E-state index contributed by atoms with van der Waals surface area (Å²) in [7, 11) is 0. The maximum absolute atomic E-state index is 12.0. The van der Waals surface area contributed by atoms with Gasteiger partial charge < -0.3 is 15.2 Å². The van der Waals surface area contributed by atoms with Crippen LogP contribution in [0.4, 0.5) is 4.79 Å². The molecule has 0 aromatic carbocycles. The van der Waals surface area contributed by atoms with Gasteiger partial charge in [-0.2, -0.15) is 4.98 Å². The maximum atomic E-state index is 12.0. The fraction of sp³-hybridized carbons (Fsp3) is 0.615. The molecule has 0 bridgehead atoms. The number of aromatic nitrogens is 2. The van der Waals surface area contributed by atoms with Crippen LogP contribution in [-0.4, -0.2) is 34.0 Å². The van der Waals surface area contributed by atoms with E-state index in [1.54, 1.807) is 0 Å². The van der Waals surface area contributed by atoms with E-state index >= 15 is 0 Å². The molecule has 1 saturated heterocycles. The number of carbonyl (C=O) groups is 3. The van der Waals surface area contributed by atoms with Gasteiger partial charge in [0.15, 0.2) is 5.82 Å². The van der Waals surface area contributed by atoms with Crippen LogP contribution in [-0.2, 0) is 22.6 Å². The fourth-order valence-corrected chi connectivity index (χ4v) is 2.02. The van der Waals surface area contributed by atoms with Crippen LogP contribution >= 0.6 is 0 Å². The number of nitrogens with one attached hydrogen (secondary N) is 3. The Bertz CT molecular complexity index is 569. The molecule has 1 aliphatic rings. The lowest BCUT2D eigenvalue weighted by atomic mass is 10.1. The van der Waals surface area contributed by atoms with E-state index in [1.165, 1.54) is 0 Å². The fourth-order valence-electron chi connectivity index (χ4n) is 2.02. The van der Waals surface area contributed by atoms with Crippen LogP contribution in [0.25, 0.3) is 0 Å². The summed E-state index contributed by atoms with van der Waals surface area (Å²) < 4.78 is 5.04. The van der Waals surface area contributed by atoms with Gasteiger partial charge in [0.1, 0.15) is 6.04 Å². The predicted molar refractivity (Wildman–Crippen MR) is 74.4 cm³/mol. The Balaban J connectivity index is 1.85. The molecule has 0 unspecified atom stereocenters. The first-order valence-corrected chi connectivity index (χ1v) is 7.13. The van der Waals surface area contributed by atoms with Gasteiger partial charge in [-0.3, -0.25) is 14.9 Å². The van der Waals surface area contributed by atoms with Crippen LogP contribution in [0.2, 0.25) is 0 Å². The van der Waals surface area contributed by atoms with Gasteiger partial charge in [-0.1, -0.05) is 19.0 Å². The number of urea groups is 1. The van der Waals surface area contributed by atoms with Gasteiger partial charge in [0.2, 0.25) is 17.7 Å². The van der Waals surface area contributed by atoms with Gasteiger partial charge in [-0.05, 0) is 12.3 Å². The molecule has 9 nitrogen and oxygen atoms in total. The molecule has 1 aliphatic heterocycles. The number of hydrogen-bond acceptors (Lipinski definition) is 6. The molecule has 3 N–H and O–H groups in total. The molecule has 0 radical (unpaired) electrons. The Morgan fingerprint density at radius 2 is 2.23 bits per heavy atom. The highest BCUT2D eigenvalue weighted by atomic mass is 16.5. The average molecular weight is 309 g/mol. The Labute approximate surface area is 127 Å². The standard InChI is InChI=1S/C13H19N5O4/c1-7(2)5-9-16-11(22-18-9)6-14-12(20)8-3-4-10(19)17-13(21)15-8/h7-8H,3-6H2,1-2H3,(H,14,20)(H2,15,17,19,21)/t8-/m1/s1. The number of rotatable bonds is 5. The van der Waals surface area contributed by atoms with E-state index in [0.29, 0.717) is 24.1 Å². The van der Waals surface area contributed by atoms with E-state index in [2.05, 4.69) is 26.1 Å². The first kappa shape index (κ1) is 15.9. The third kappa shape index (κ3) is 4.54. The highest BCUT2D eigenvalue weighted by Crippen LogP contribution is 2.05. The minimum Gasteiger partial charge on any atom is -0.345 e. The van der Waals surface area contributed by atoms with Crippen molar-refractivity contribution < 1.29 is 18.9 Å². The second-order valence-corrected chi connectivity index (χ2v) is 5.53. The minimum atomic E-state index is -0.760. The third-order valence-corrected chi connectivity index (χ3v) is 3.05. The molecule has 0 spiro atoms. The van der Waals surface area contributed by atoms with E-state index in [0.717, 1.165) is 0 Å². The predicted octanol–water partition coefficient (Wildman–Crippen LogP) is -0.127. The molecule has 1 atom stereocenters.